The van der Waals surface area contributed by atoms with E-state index in [1.807, 2.05) is 0 Å². The normalized spacial score (nSPS) is 11.1. The lowest BCUT2D eigenvalue weighted by atomic mass is 10.3. The highest BCUT2D eigenvalue weighted by Crippen LogP contribution is 2.29. The average Bonchev–Trinajstić information content (AvgIpc) is 2.67. The molecule has 2 aromatic heterocycles. The lowest BCUT2D eigenvalue weighted by Crippen LogP contribution is -2.00. The van der Waals surface area contributed by atoms with E-state index in [1.54, 1.807) is 0 Å². The minimum Gasteiger partial charge on any atom is -0.391 e. The first-order valence-electron chi connectivity index (χ1n) is 4.57. The third kappa shape index (κ3) is 2.11. The summed E-state index contributed by atoms with van der Waals surface area (Å²) in [4.78, 5) is 7.66. The zero-order valence-electron chi connectivity index (χ0n) is 8.39. The number of aromatic nitrogens is 4. The summed E-state index contributed by atoms with van der Waals surface area (Å²) in [5.74, 6) is 0.208. The molecule has 0 amide bonds. The molecule has 5 nitrogen and oxygen atoms in total. The molecule has 17 heavy (non-hydrogen) atoms. The van der Waals surface area contributed by atoms with Crippen LogP contribution in [-0.2, 0) is 6.61 Å². The Hall–Kier alpha value is -1.60. The van der Waals surface area contributed by atoms with Crippen LogP contribution in [0.15, 0.2) is 18.6 Å². The molecule has 0 radical (unpaired) electrons. The van der Waals surface area contributed by atoms with Gasteiger partial charge in [0.25, 0.3) is 6.43 Å². The van der Waals surface area contributed by atoms with Crippen molar-refractivity contribution in [3.63, 3.8) is 0 Å². The Bertz CT molecular complexity index is 517. The Morgan fingerprint density at radius 2 is 2.18 bits per heavy atom. The van der Waals surface area contributed by atoms with Gasteiger partial charge in [0.2, 0.25) is 0 Å². The van der Waals surface area contributed by atoms with E-state index in [0.29, 0.717) is 0 Å². The topological polar surface area (TPSA) is 63.8 Å². The van der Waals surface area contributed by atoms with E-state index in [4.69, 9.17) is 16.7 Å². The summed E-state index contributed by atoms with van der Waals surface area (Å²) in [5.41, 5.74) is -0.657. The molecule has 0 spiro atoms. The molecule has 0 unspecified atom stereocenters. The SMILES string of the molecule is OCc1c(C(F)F)nn(-c2cnccn2)c1Cl. The van der Waals surface area contributed by atoms with Gasteiger partial charge in [-0.25, -0.2) is 18.4 Å². The number of aliphatic hydroxyl groups is 1. The van der Waals surface area contributed by atoms with Gasteiger partial charge in [-0.05, 0) is 0 Å². The van der Waals surface area contributed by atoms with E-state index < -0.39 is 18.7 Å². The molecule has 0 aliphatic heterocycles. The van der Waals surface area contributed by atoms with Crippen LogP contribution in [0.3, 0.4) is 0 Å². The Balaban J connectivity index is 2.57. The first-order valence-corrected chi connectivity index (χ1v) is 4.95. The summed E-state index contributed by atoms with van der Waals surface area (Å²) >= 11 is 5.85. The first kappa shape index (κ1) is 11.9. The maximum Gasteiger partial charge on any atom is 0.282 e. The van der Waals surface area contributed by atoms with Gasteiger partial charge < -0.3 is 5.11 Å². The Morgan fingerprint density at radius 3 is 2.65 bits per heavy atom. The molecule has 90 valence electrons. The Morgan fingerprint density at radius 1 is 1.41 bits per heavy atom. The fraction of sp³-hybridized carbons (Fsp3) is 0.222. The van der Waals surface area contributed by atoms with Gasteiger partial charge in [0.1, 0.15) is 10.8 Å². The average molecular weight is 261 g/mol. The van der Waals surface area contributed by atoms with Crippen LogP contribution >= 0.6 is 11.6 Å². The van der Waals surface area contributed by atoms with E-state index in [2.05, 4.69) is 15.1 Å². The molecule has 2 heterocycles. The van der Waals surface area contributed by atoms with Gasteiger partial charge in [0.15, 0.2) is 5.82 Å². The summed E-state index contributed by atoms with van der Waals surface area (Å²) < 4.78 is 26.3. The zero-order valence-corrected chi connectivity index (χ0v) is 9.14. The van der Waals surface area contributed by atoms with E-state index in [-0.39, 0.29) is 16.5 Å². The Labute approximate surface area is 99.7 Å². The van der Waals surface area contributed by atoms with Crippen molar-refractivity contribution in [1.29, 1.82) is 0 Å². The summed E-state index contributed by atoms with van der Waals surface area (Å²) in [6.45, 7) is -0.612. The lowest BCUT2D eigenvalue weighted by Gasteiger charge is -2.00. The molecule has 0 atom stereocenters. The van der Waals surface area contributed by atoms with Gasteiger partial charge in [-0.15, -0.1) is 0 Å². The van der Waals surface area contributed by atoms with Gasteiger partial charge in [0.05, 0.1) is 12.8 Å². The highest BCUT2D eigenvalue weighted by atomic mass is 35.5. The molecule has 0 bridgehead atoms. The number of aliphatic hydroxyl groups excluding tert-OH is 1. The summed E-state index contributed by atoms with van der Waals surface area (Å²) in [5, 5.41) is 12.5. The van der Waals surface area contributed by atoms with Crippen molar-refractivity contribution in [3.8, 4) is 5.82 Å². The smallest absolute Gasteiger partial charge is 0.282 e. The number of halogens is 3. The van der Waals surface area contributed by atoms with Crippen LogP contribution in [-0.4, -0.2) is 24.9 Å². The molecule has 1 N–H and O–H groups in total. The second kappa shape index (κ2) is 4.72. The number of alkyl halides is 2. The number of hydrogen-bond acceptors (Lipinski definition) is 4. The van der Waals surface area contributed by atoms with Crippen LogP contribution in [0.2, 0.25) is 5.15 Å². The number of nitrogens with zero attached hydrogens (tertiary/aromatic N) is 4. The minimum absolute atomic E-state index is 0.0942. The third-order valence-corrected chi connectivity index (χ3v) is 2.47. The van der Waals surface area contributed by atoms with Gasteiger partial charge in [-0.2, -0.15) is 5.10 Å². The molecule has 2 aromatic rings. The predicted octanol–water partition coefficient (Wildman–Crippen LogP) is 1.75. The van der Waals surface area contributed by atoms with Crippen molar-refractivity contribution in [2.45, 2.75) is 13.0 Å². The van der Waals surface area contributed by atoms with E-state index in [1.165, 1.54) is 18.6 Å². The van der Waals surface area contributed by atoms with Gasteiger partial charge in [-0.3, -0.25) is 4.98 Å². The number of rotatable bonds is 3. The van der Waals surface area contributed by atoms with Crippen molar-refractivity contribution in [1.82, 2.24) is 19.7 Å². The molecular formula is C9H7ClF2N4O. The monoisotopic (exact) mass is 260 g/mol. The second-order valence-electron chi connectivity index (χ2n) is 3.09. The zero-order chi connectivity index (χ0) is 12.4. The van der Waals surface area contributed by atoms with Gasteiger partial charge in [0, 0.05) is 18.0 Å². The summed E-state index contributed by atoms with van der Waals surface area (Å²) in [6, 6.07) is 0. The molecule has 0 saturated heterocycles. The molecule has 0 aliphatic rings. The first-order chi connectivity index (χ1) is 8.15. The minimum atomic E-state index is -2.81. The van der Waals surface area contributed by atoms with Crippen LogP contribution in [0.25, 0.3) is 5.82 Å². The molecular weight excluding hydrogens is 254 g/mol. The third-order valence-electron chi connectivity index (χ3n) is 2.08. The van der Waals surface area contributed by atoms with Crippen molar-refractivity contribution in [2.24, 2.45) is 0 Å². The molecule has 0 aliphatic carbocycles. The van der Waals surface area contributed by atoms with Crippen molar-refractivity contribution < 1.29 is 13.9 Å². The van der Waals surface area contributed by atoms with Gasteiger partial charge in [-0.1, -0.05) is 11.6 Å². The summed E-state index contributed by atoms with van der Waals surface area (Å²) in [6.07, 6.45) is 1.33. The molecule has 2 rings (SSSR count). The van der Waals surface area contributed by atoms with Crippen LogP contribution < -0.4 is 0 Å². The lowest BCUT2D eigenvalue weighted by molar-refractivity contribution is 0.141. The van der Waals surface area contributed by atoms with E-state index >= 15 is 0 Å². The quantitative estimate of drug-likeness (QED) is 0.913. The fourth-order valence-electron chi connectivity index (χ4n) is 1.32. The van der Waals surface area contributed by atoms with Crippen LogP contribution in [0, 0.1) is 0 Å². The van der Waals surface area contributed by atoms with Crippen LogP contribution in [0.1, 0.15) is 17.7 Å². The molecule has 0 fully saturated rings. The van der Waals surface area contributed by atoms with Crippen LogP contribution in [0.5, 0.6) is 0 Å². The number of hydrogen-bond donors (Lipinski definition) is 1. The maximum atomic E-state index is 12.6. The predicted molar refractivity (Wildman–Crippen MR) is 55.0 cm³/mol. The molecule has 8 heteroatoms. The standard InChI is InChI=1S/C9H7ClF2N4O/c10-8-5(4-17)7(9(11)12)15-16(8)6-3-13-1-2-14-6/h1-3,9,17H,4H2. The molecule has 0 aromatic carbocycles. The van der Waals surface area contributed by atoms with E-state index in [9.17, 15) is 8.78 Å². The van der Waals surface area contributed by atoms with Crippen molar-refractivity contribution in [2.75, 3.05) is 0 Å². The van der Waals surface area contributed by atoms with E-state index in [0.717, 1.165) is 4.68 Å². The van der Waals surface area contributed by atoms with Gasteiger partial charge >= 0.3 is 0 Å². The van der Waals surface area contributed by atoms with Crippen molar-refractivity contribution in [3.05, 3.63) is 35.0 Å². The second-order valence-corrected chi connectivity index (χ2v) is 3.45. The maximum absolute atomic E-state index is 12.6. The highest BCUT2D eigenvalue weighted by Gasteiger charge is 2.23. The highest BCUT2D eigenvalue weighted by molar-refractivity contribution is 6.30. The summed E-state index contributed by atoms with van der Waals surface area (Å²) in [7, 11) is 0. The van der Waals surface area contributed by atoms with Crippen LogP contribution in [0.4, 0.5) is 8.78 Å². The molecule has 0 saturated carbocycles. The largest absolute Gasteiger partial charge is 0.391 e. The Kier molecular flexibility index (Phi) is 3.30. The van der Waals surface area contributed by atoms with Crippen molar-refractivity contribution >= 4 is 11.6 Å². The fourth-order valence-corrected chi connectivity index (χ4v) is 1.60.